The largest absolute Gasteiger partial charge is 0.300 e. The Balaban J connectivity index is 1.91. The molecule has 0 bridgehead atoms. The van der Waals surface area contributed by atoms with Crippen molar-refractivity contribution in [1.82, 2.24) is 29.5 Å². The van der Waals surface area contributed by atoms with E-state index in [0.717, 1.165) is 23.3 Å². The molecule has 0 aliphatic rings. The number of carbonyl (C=O) groups is 1. The molecule has 0 aromatic carbocycles. The van der Waals surface area contributed by atoms with Gasteiger partial charge in [0.15, 0.2) is 0 Å². The van der Waals surface area contributed by atoms with E-state index in [0.29, 0.717) is 25.7 Å². The molecule has 2 aromatic rings. The maximum Gasteiger partial charge on any atom is 0.147 e. The predicted octanol–water partition coefficient (Wildman–Crippen LogP) is 2.78. The third kappa shape index (κ3) is 4.49. The van der Waals surface area contributed by atoms with Gasteiger partial charge in [0.1, 0.15) is 29.1 Å². The van der Waals surface area contributed by atoms with E-state index in [1.807, 2.05) is 23.2 Å². The van der Waals surface area contributed by atoms with Gasteiger partial charge in [-0.3, -0.25) is 4.79 Å². The lowest BCUT2D eigenvalue weighted by atomic mass is 10.1. The highest BCUT2D eigenvalue weighted by molar-refractivity contribution is 5.78. The maximum absolute atomic E-state index is 12.3. The van der Waals surface area contributed by atoms with Gasteiger partial charge in [-0.1, -0.05) is 0 Å². The Kier molecular flexibility index (Phi) is 5.85. The minimum absolute atomic E-state index is 0.224. The maximum atomic E-state index is 12.3. The first-order valence-electron chi connectivity index (χ1n) is 8.63. The van der Waals surface area contributed by atoms with E-state index in [9.17, 15) is 4.79 Å². The summed E-state index contributed by atoms with van der Waals surface area (Å²) in [4.78, 5) is 21.1. The number of carbonyl (C=O) groups excluding carboxylic acids is 1. The monoisotopic (exact) mass is 332 g/mol. The standard InChI is InChI=1S/C17H28N6O/c1-11(2)22-16(18-13(5)20-22)9-7-15(24)8-10-17-19-14(6)21-23(17)12(3)4/h11-12H,7-10H2,1-6H3. The Morgan fingerprint density at radius 2 is 1.21 bits per heavy atom. The third-order valence-electron chi connectivity index (χ3n) is 3.85. The van der Waals surface area contributed by atoms with Crippen molar-refractivity contribution in [3.8, 4) is 0 Å². The zero-order chi connectivity index (χ0) is 17.9. The summed E-state index contributed by atoms with van der Waals surface area (Å²) in [6.07, 6.45) is 2.24. The van der Waals surface area contributed by atoms with E-state index in [4.69, 9.17) is 0 Å². The van der Waals surface area contributed by atoms with Crippen molar-refractivity contribution < 1.29 is 4.79 Å². The van der Waals surface area contributed by atoms with Gasteiger partial charge in [-0.2, -0.15) is 10.2 Å². The first kappa shape index (κ1) is 18.3. The van der Waals surface area contributed by atoms with Gasteiger partial charge in [-0.25, -0.2) is 19.3 Å². The molecule has 0 fully saturated rings. The quantitative estimate of drug-likeness (QED) is 0.743. The van der Waals surface area contributed by atoms with Crippen LogP contribution in [0.15, 0.2) is 0 Å². The number of hydrogen-bond acceptors (Lipinski definition) is 5. The number of ketones is 1. The van der Waals surface area contributed by atoms with Crippen LogP contribution in [0.3, 0.4) is 0 Å². The van der Waals surface area contributed by atoms with Gasteiger partial charge in [-0.05, 0) is 41.5 Å². The fourth-order valence-corrected chi connectivity index (χ4v) is 2.74. The number of rotatable bonds is 8. The zero-order valence-electron chi connectivity index (χ0n) is 15.6. The molecule has 0 amide bonds. The normalized spacial score (nSPS) is 11.7. The molecule has 2 heterocycles. The van der Waals surface area contributed by atoms with Crippen LogP contribution in [0.4, 0.5) is 0 Å². The van der Waals surface area contributed by atoms with Gasteiger partial charge in [0.2, 0.25) is 0 Å². The molecule has 0 N–H and O–H groups in total. The van der Waals surface area contributed by atoms with E-state index in [2.05, 4.69) is 47.9 Å². The highest BCUT2D eigenvalue weighted by Crippen LogP contribution is 2.12. The van der Waals surface area contributed by atoms with Gasteiger partial charge in [0.05, 0.1) is 0 Å². The van der Waals surface area contributed by atoms with Crippen molar-refractivity contribution in [2.75, 3.05) is 0 Å². The molecule has 0 aliphatic carbocycles. The van der Waals surface area contributed by atoms with Crippen molar-refractivity contribution in [1.29, 1.82) is 0 Å². The second-order valence-corrected chi connectivity index (χ2v) is 6.77. The van der Waals surface area contributed by atoms with E-state index in [1.165, 1.54) is 0 Å². The first-order chi connectivity index (χ1) is 11.3. The van der Waals surface area contributed by atoms with Gasteiger partial charge in [0, 0.05) is 37.8 Å². The molecular weight excluding hydrogens is 304 g/mol. The van der Waals surface area contributed by atoms with Gasteiger partial charge >= 0.3 is 0 Å². The van der Waals surface area contributed by atoms with Gasteiger partial charge in [0.25, 0.3) is 0 Å². The summed E-state index contributed by atoms with van der Waals surface area (Å²) < 4.78 is 3.81. The van der Waals surface area contributed by atoms with Crippen LogP contribution in [0, 0.1) is 13.8 Å². The molecule has 2 aromatic heterocycles. The van der Waals surface area contributed by atoms with E-state index >= 15 is 0 Å². The molecule has 0 aliphatic heterocycles. The molecule has 132 valence electrons. The van der Waals surface area contributed by atoms with E-state index in [-0.39, 0.29) is 17.9 Å². The second kappa shape index (κ2) is 7.68. The molecule has 2 rings (SSSR count). The fraction of sp³-hybridized carbons (Fsp3) is 0.706. The molecule has 7 nitrogen and oxygen atoms in total. The van der Waals surface area contributed by atoms with Gasteiger partial charge in [-0.15, -0.1) is 0 Å². The van der Waals surface area contributed by atoms with Crippen molar-refractivity contribution in [3.05, 3.63) is 23.3 Å². The predicted molar refractivity (Wildman–Crippen MR) is 91.9 cm³/mol. The summed E-state index contributed by atoms with van der Waals surface area (Å²) in [6, 6.07) is 0.507. The Morgan fingerprint density at radius 1 is 0.833 bits per heavy atom. The number of Topliss-reactive ketones (excluding diaryl/α,β-unsaturated/α-hetero) is 1. The Morgan fingerprint density at radius 3 is 1.54 bits per heavy atom. The number of nitrogens with zero attached hydrogens (tertiary/aromatic N) is 6. The van der Waals surface area contributed by atoms with Crippen LogP contribution < -0.4 is 0 Å². The van der Waals surface area contributed by atoms with Crippen LogP contribution in [0.2, 0.25) is 0 Å². The lowest BCUT2D eigenvalue weighted by Gasteiger charge is -2.10. The summed E-state index contributed by atoms with van der Waals surface area (Å²) in [7, 11) is 0. The summed E-state index contributed by atoms with van der Waals surface area (Å²) in [6.45, 7) is 12.0. The topological polar surface area (TPSA) is 78.5 Å². The summed E-state index contributed by atoms with van der Waals surface area (Å²) in [5, 5.41) is 8.78. The Bertz CT molecular complexity index is 640. The van der Waals surface area contributed by atoms with Crippen LogP contribution in [-0.4, -0.2) is 35.3 Å². The number of hydrogen-bond donors (Lipinski definition) is 0. The summed E-state index contributed by atoms with van der Waals surface area (Å²) in [5.74, 6) is 3.51. The molecule has 0 saturated carbocycles. The average molecular weight is 332 g/mol. The highest BCUT2D eigenvalue weighted by atomic mass is 16.1. The van der Waals surface area contributed by atoms with Crippen molar-refractivity contribution >= 4 is 5.78 Å². The van der Waals surface area contributed by atoms with E-state index in [1.54, 1.807) is 0 Å². The molecular formula is C17H28N6O. The lowest BCUT2D eigenvalue weighted by molar-refractivity contribution is -0.119. The minimum atomic E-state index is 0.224. The van der Waals surface area contributed by atoms with Crippen molar-refractivity contribution in [3.63, 3.8) is 0 Å². The van der Waals surface area contributed by atoms with Crippen LogP contribution >= 0.6 is 0 Å². The number of aryl methyl sites for hydroxylation is 4. The summed E-state index contributed by atoms with van der Waals surface area (Å²) >= 11 is 0. The molecule has 0 saturated heterocycles. The number of aromatic nitrogens is 6. The van der Waals surface area contributed by atoms with Crippen molar-refractivity contribution in [2.24, 2.45) is 0 Å². The van der Waals surface area contributed by atoms with E-state index < -0.39 is 0 Å². The summed E-state index contributed by atoms with van der Waals surface area (Å²) in [5.41, 5.74) is 0. The molecule has 0 unspecified atom stereocenters. The zero-order valence-corrected chi connectivity index (χ0v) is 15.6. The minimum Gasteiger partial charge on any atom is -0.300 e. The molecule has 0 radical (unpaired) electrons. The van der Waals surface area contributed by atoms with Crippen molar-refractivity contribution in [2.45, 2.75) is 79.3 Å². The SMILES string of the molecule is Cc1nc(CCC(=O)CCc2nc(C)nn2C(C)C)n(C(C)C)n1. The molecule has 24 heavy (non-hydrogen) atoms. The van der Waals surface area contributed by atoms with Crippen LogP contribution in [0.25, 0.3) is 0 Å². The fourth-order valence-electron chi connectivity index (χ4n) is 2.74. The third-order valence-corrected chi connectivity index (χ3v) is 3.85. The van der Waals surface area contributed by atoms with Crippen LogP contribution in [-0.2, 0) is 17.6 Å². The molecule has 0 atom stereocenters. The molecule has 7 heteroatoms. The smallest absolute Gasteiger partial charge is 0.147 e. The molecule has 0 spiro atoms. The lowest BCUT2D eigenvalue weighted by Crippen LogP contribution is -2.12. The first-order valence-corrected chi connectivity index (χ1v) is 8.63. The second-order valence-electron chi connectivity index (χ2n) is 6.77. The van der Waals surface area contributed by atoms with Gasteiger partial charge < -0.3 is 0 Å². The highest BCUT2D eigenvalue weighted by Gasteiger charge is 2.14. The Labute approximate surface area is 143 Å². The Hall–Kier alpha value is -2.05. The van der Waals surface area contributed by atoms with Crippen LogP contribution in [0.1, 0.15) is 75.9 Å². The van der Waals surface area contributed by atoms with Crippen LogP contribution in [0.5, 0.6) is 0 Å². The average Bonchev–Trinajstić information content (AvgIpc) is 3.05.